The van der Waals surface area contributed by atoms with Gasteiger partial charge < -0.3 is 4.90 Å². The summed E-state index contributed by atoms with van der Waals surface area (Å²) in [5.74, 6) is 0. The number of aromatic nitrogens is 1. The molecule has 1 aromatic heterocycles. The quantitative estimate of drug-likeness (QED) is 0.783. The van der Waals surface area contributed by atoms with Gasteiger partial charge in [0.15, 0.2) is 5.13 Å². The number of rotatable bonds is 3. The summed E-state index contributed by atoms with van der Waals surface area (Å²) in [6.45, 7) is 0.596. The lowest BCUT2D eigenvalue weighted by Crippen LogP contribution is -2.18. The van der Waals surface area contributed by atoms with Gasteiger partial charge in [-0.05, 0) is 0 Å². The minimum atomic E-state index is 0.596. The van der Waals surface area contributed by atoms with Gasteiger partial charge in [-0.15, -0.1) is 11.3 Å². The van der Waals surface area contributed by atoms with Crippen molar-refractivity contribution in [1.82, 2.24) is 4.98 Å². The average molecular weight is 223 g/mol. The Balaban J connectivity index is 2.55. The summed E-state index contributed by atoms with van der Waals surface area (Å²) < 4.78 is 0. The fourth-order valence-corrected chi connectivity index (χ4v) is 1.59. The first-order chi connectivity index (χ1) is 5.74. The molecular weight excluding hydrogens is 215 g/mol. The largest absolute Gasteiger partial charge is 0.346 e. The van der Waals surface area contributed by atoms with Gasteiger partial charge in [-0.2, -0.15) is 0 Å². The zero-order valence-corrected chi connectivity index (χ0v) is 8.83. The second-order valence-corrected chi connectivity index (χ2v) is 3.80. The van der Waals surface area contributed by atoms with Crippen molar-refractivity contribution >= 4 is 39.7 Å². The molecule has 0 aliphatic rings. The summed E-state index contributed by atoms with van der Waals surface area (Å²) in [5.41, 5.74) is 1.37. The predicted octanol–water partition coefficient (Wildman–Crippen LogP) is 2.90. The van der Waals surface area contributed by atoms with Gasteiger partial charge >= 0.3 is 0 Å². The highest BCUT2D eigenvalue weighted by atomic mass is 35.5. The van der Waals surface area contributed by atoms with E-state index in [4.69, 9.17) is 23.2 Å². The third-order valence-corrected chi connectivity index (χ3v) is 2.74. The molecule has 1 rings (SSSR count). The Morgan fingerprint density at radius 2 is 2.58 bits per heavy atom. The smallest absolute Gasteiger partial charge is 0.185 e. The van der Waals surface area contributed by atoms with Gasteiger partial charge in [0.1, 0.15) is 0 Å². The van der Waals surface area contributed by atoms with Gasteiger partial charge in [-0.25, -0.2) is 4.98 Å². The van der Waals surface area contributed by atoms with Gasteiger partial charge in [-0.3, -0.25) is 0 Å². The Hall–Kier alpha value is -0.250. The Morgan fingerprint density at radius 1 is 1.83 bits per heavy atom. The lowest BCUT2D eigenvalue weighted by molar-refractivity contribution is 1.01. The van der Waals surface area contributed by atoms with E-state index in [0.29, 0.717) is 11.6 Å². The van der Waals surface area contributed by atoms with Crippen LogP contribution in [0.3, 0.4) is 0 Å². The highest BCUT2D eigenvalue weighted by molar-refractivity contribution is 7.13. The molecule has 0 bridgehead atoms. The number of likely N-dealkylation sites (N-methyl/N-ethyl adjacent to an activating group) is 1. The standard InChI is InChI=1S/C7H8Cl2N2S/c1-11(5-6(9)4-8)7-10-2-3-12-7/h2-4H,5H2,1H3/b6-4-. The zero-order valence-electron chi connectivity index (χ0n) is 6.50. The zero-order chi connectivity index (χ0) is 8.97. The van der Waals surface area contributed by atoms with Crippen molar-refractivity contribution < 1.29 is 0 Å². The number of nitrogens with zero attached hydrogens (tertiary/aromatic N) is 2. The monoisotopic (exact) mass is 222 g/mol. The lowest BCUT2D eigenvalue weighted by atomic mass is 10.6. The summed E-state index contributed by atoms with van der Waals surface area (Å²) >= 11 is 12.7. The number of anilines is 1. The molecule has 0 aliphatic heterocycles. The molecule has 0 radical (unpaired) electrons. The number of halogens is 2. The van der Waals surface area contributed by atoms with E-state index < -0.39 is 0 Å². The van der Waals surface area contributed by atoms with Crippen LogP contribution in [0.5, 0.6) is 0 Å². The number of hydrogen-bond acceptors (Lipinski definition) is 3. The first-order valence-electron chi connectivity index (χ1n) is 3.29. The molecule has 2 nitrogen and oxygen atoms in total. The van der Waals surface area contributed by atoms with Crippen LogP contribution in [-0.2, 0) is 0 Å². The van der Waals surface area contributed by atoms with Crippen LogP contribution < -0.4 is 4.90 Å². The van der Waals surface area contributed by atoms with Crippen molar-refractivity contribution in [2.75, 3.05) is 18.5 Å². The third-order valence-electron chi connectivity index (χ3n) is 1.25. The number of thiazole rings is 1. The van der Waals surface area contributed by atoms with Gasteiger partial charge in [0.25, 0.3) is 0 Å². The average Bonchev–Trinajstić information content (AvgIpc) is 2.56. The molecule has 0 fully saturated rings. The predicted molar refractivity (Wildman–Crippen MR) is 55.2 cm³/mol. The van der Waals surface area contributed by atoms with Gasteiger partial charge in [0, 0.05) is 29.2 Å². The summed E-state index contributed by atoms with van der Waals surface area (Å²) in [4.78, 5) is 6.06. The van der Waals surface area contributed by atoms with Gasteiger partial charge in [0.05, 0.1) is 6.54 Å². The lowest BCUT2D eigenvalue weighted by Gasteiger charge is -2.13. The minimum absolute atomic E-state index is 0.596. The van der Waals surface area contributed by atoms with E-state index in [0.717, 1.165) is 5.13 Å². The highest BCUT2D eigenvalue weighted by Gasteiger charge is 2.03. The third kappa shape index (κ3) is 2.66. The summed E-state index contributed by atoms with van der Waals surface area (Å²) in [6.07, 6.45) is 1.76. The van der Waals surface area contributed by atoms with Crippen LogP contribution >= 0.6 is 34.5 Å². The highest BCUT2D eigenvalue weighted by Crippen LogP contribution is 2.17. The van der Waals surface area contributed by atoms with Crippen molar-refractivity contribution in [1.29, 1.82) is 0 Å². The fourth-order valence-electron chi connectivity index (χ4n) is 0.733. The second-order valence-electron chi connectivity index (χ2n) is 2.23. The Kier molecular flexibility index (Phi) is 3.85. The summed E-state index contributed by atoms with van der Waals surface area (Å²) in [7, 11) is 1.92. The molecule has 0 saturated carbocycles. The molecule has 5 heteroatoms. The molecule has 0 amide bonds. The van der Waals surface area contributed by atoms with Crippen molar-refractivity contribution in [2.24, 2.45) is 0 Å². The van der Waals surface area contributed by atoms with E-state index in [-0.39, 0.29) is 0 Å². The SMILES string of the molecule is CN(C/C(Cl)=C/Cl)c1nccs1. The molecule has 0 N–H and O–H groups in total. The fraction of sp³-hybridized carbons (Fsp3) is 0.286. The summed E-state index contributed by atoms with van der Waals surface area (Å²) in [6, 6.07) is 0. The normalized spacial score (nSPS) is 11.8. The van der Waals surface area contributed by atoms with Crippen LogP contribution in [0.25, 0.3) is 0 Å². The molecular formula is C7H8Cl2N2S. The molecule has 0 unspecified atom stereocenters. The Bertz CT molecular complexity index is 258. The van der Waals surface area contributed by atoms with Crippen LogP contribution in [-0.4, -0.2) is 18.6 Å². The Morgan fingerprint density at radius 3 is 3.08 bits per heavy atom. The summed E-state index contributed by atoms with van der Waals surface area (Å²) in [5, 5.41) is 3.46. The van der Waals surface area contributed by atoms with E-state index in [1.165, 1.54) is 5.54 Å². The molecule has 66 valence electrons. The van der Waals surface area contributed by atoms with Crippen LogP contribution in [0.2, 0.25) is 0 Å². The van der Waals surface area contributed by atoms with E-state index >= 15 is 0 Å². The van der Waals surface area contributed by atoms with Crippen LogP contribution in [0.1, 0.15) is 0 Å². The maximum atomic E-state index is 5.74. The first-order valence-corrected chi connectivity index (χ1v) is 4.99. The van der Waals surface area contributed by atoms with E-state index in [9.17, 15) is 0 Å². The molecule has 0 spiro atoms. The van der Waals surface area contributed by atoms with Crippen molar-refractivity contribution in [3.63, 3.8) is 0 Å². The van der Waals surface area contributed by atoms with Gasteiger partial charge in [0.2, 0.25) is 0 Å². The molecule has 0 atom stereocenters. The molecule has 0 aromatic carbocycles. The maximum absolute atomic E-state index is 5.74. The van der Waals surface area contributed by atoms with Crippen molar-refractivity contribution in [2.45, 2.75) is 0 Å². The maximum Gasteiger partial charge on any atom is 0.185 e. The molecule has 1 heterocycles. The first kappa shape index (κ1) is 9.84. The van der Waals surface area contributed by atoms with Crippen LogP contribution in [0.4, 0.5) is 5.13 Å². The molecule has 1 aromatic rings. The Labute approximate surface area is 85.4 Å². The van der Waals surface area contributed by atoms with E-state index in [1.807, 2.05) is 17.3 Å². The van der Waals surface area contributed by atoms with Crippen molar-refractivity contribution in [3.05, 3.63) is 22.1 Å². The minimum Gasteiger partial charge on any atom is -0.346 e. The second kappa shape index (κ2) is 4.70. The topological polar surface area (TPSA) is 16.1 Å². The van der Waals surface area contributed by atoms with Gasteiger partial charge in [-0.1, -0.05) is 23.2 Å². The van der Waals surface area contributed by atoms with Crippen molar-refractivity contribution in [3.8, 4) is 0 Å². The van der Waals surface area contributed by atoms with E-state index in [1.54, 1.807) is 17.5 Å². The molecule has 0 saturated heterocycles. The molecule has 0 aliphatic carbocycles. The molecule has 12 heavy (non-hydrogen) atoms. The number of hydrogen-bond donors (Lipinski definition) is 0. The van der Waals surface area contributed by atoms with E-state index in [2.05, 4.69) is 4.98 Å². The van der Waals surface area contributed by atoms with Crippen LogP contribution in [0.15, 0.2) is 22.1 Å². The van der Waals surface area contributed by atoms with Crippen LogP contribution in [0, 0.1) is 0 Å².